The predicted molar refractivity (Wildman–Crippen MR) is 46.2 cm³/mol. The minimum Gasteiger partial charge on any atom is -0.325 e. The SMILES string of the molecule is C=C[Si](C)(CCl)N(C)C. The van der Waals surface area contributed by atoms with Crippen LogP contribution in [-0.4, -0.2) is 32.4 Å². The second kappa shape index (κ2) is 3.39. The van der Waals surface area contributed by atoms with E-state index in [1.54, 1.807) is 0 Å². The van der Waals surface area contributed by atoms with Crippen LogP contribution in [0.1, 0.15) is 0 Å². The molecule has 9 heavy (non-hydrogen) atoms. The molecule has 1 atom stereocenters. The minimum atomic E-state index is -1.41. The molecule has 0 heterocycles. The van der Waals surface area contributed by atoms with Gasteiger partial charge in [-0.15, -0.1) is 18.2 Å². The molecular weight excluding hydrogens is 150 g/mol. The van der Waals surface area contributed by atoms with Crippen molar-refractivity contribution < 1.29 is 0 Å². The van der Waals surface area contributed by atoms with Crippen molar-refractivity contribution in [1.82, 2.24) is 4.57 Å². The van der Waals surface area contributed by atoms with Gasteiger partial charge in [-0.25, -0.2) is 0 Å². The van der Waals surface area contributed by atoms with E-state index in [-0.39, 0.29) is 0 Å². The molecule has 0 bridgehead atoms. The maximum Gasteiger partial charge on any atom is 0.163 e. The molecule has 0 spiro atoms. The van der Waals surface area contributed by atoms with E-state index in [9.17, 15) is 0 Å². The van der Waals surface area contributed by atoms with Gasteiger partial charge in [0.25, 0.3) is 0 Å². The summed E-state index contributed by atoms with van der Waals surface area (Å²) in [7, 11) is 2.69. The summed E-state index contributed by atoms with van der Waals surface area (Å²) in [6.07, 6.45) is 0. The van der Waals surface area contributed by atoms with Gasteiger partial charge in [0.2, 0.25) is 0 Å². The third kappa shape index (κ3) is 2.12. The Hall–Kier alpha value is 0.207. The van der Waals surface area contributed by atoms with Crippen LogP contribution in [0, 0.1) is 0 Å². The fourth-order valence-electron chi connectivity index (χ4n) is 0.357. The lowest BCUT2D eigenvalue weighted by molar-refractivity contribution is 0.631. The summed E-state index contributed by atoms with van der Waals surface area (Å²) in [6.45, 7) is 5.95. The van der Waals surface area contributed by atoms with Crippen LogP contribution in [0.25, 0.3) is 0 Å². The highest BCUT2D eigenvalue weighted by molar-refractivity contribution is 6.85. The predicted octanol–water partition coefficient (Wildman–Crippen LogP) is 1.63. The lowest BCUT2D eigenvalue weighted by Gasteiger charge is -2.28. The Balaban J connectivity index is 4.08. The highest BCUT2D eigenvalue weighted by Crippen LogP contribution is 2.07. The Labute approximate surface area is 63.4 Å². The summed E-state index contributed by atoms with van der Waals surface area (Å²) >= 11 is 5.75. The lowest BCUT2D eigenvalue weighted by Crippen LogP contribution is -2.47. The summed E-state index contributed by atoms with van der Waals surface area (Å²) in [5.74, 6) is 0. The van der Waals surface area contributed by atoms with E-state index >= 15 is 0 Å². The van der Waals surface area contributed by atoms with Gasteiger partial charge in [-0.3, -0.25) is 0 Å². The molecule has 0 aliphatic heterocycles. The standard InChI is InChI=1S/C6H14ClNSi/c1-5-9(4,6-7)8(2)3/h5H,1,6H2,2-4H3. The minimum absolute atomic E-state index is 0.726. The van der Waals surface area contributed by atoms with Crippen molar-refractivity contribution in [3.63, 3.8) is 0 Å². The van der Waals surface area contributed by atoms with Crippen LogP contribution in [0.15, 0.2) is 12.3 Å². The molecule has 0 amide bonds. The molecule has 0 aliphatic rings. The van der Waals surface area contributed by atoms with Crippen LogP contribution < -0.4 is 0 Å². The molecule has 0 aromatic rings. The maximum absolute atomic E-state index is 5.75. The van der Waals surface area contributed by atoms with Crippen molar-refractivity contribution in [2.75, 3.05) is 19.6 Å². The molecule has 0 aromatic carbocycles. The third-order valence-electron chi connectivity index (χ3n) is 1.73. The summed E-state index contributed by atoms with van der Waals surface area (Å²) in [6, 6.07) is 0. The van der Waals surface area contributed by atoms with Crippen LogP contribution in [-0.2, 0) is 0 Å². The van der Waals surface area contributed by atoms with Crippen molar-refractivity contribution in [3.8, 4) is 0 Å². The van der Waals surface area contributed by atoms with Crippen molar-refractivity contribution in [3.05, 3.63) is 12.3 Å². The topological polar surface area (TPSA) is 3.24 Å². The van der Waals surface area contributed by atoms with Gasteiger partial charge >= 0.3 is 0 Å². The van der Waals surface area contributed by atoms with Crippen LogP contribution in [0.3, 0.4) is 0 Å². The van der Waals surface area contributed by atoms with Crippen molar-refractivity contribution in [2.24, 2.45) is 0 Å². The van der Waals surface area contributed by atoms with E-state index < -0.39 is 8.24 Å². The molecule has 3 heteroatoms. The van der Waals surface area contributed by atoms with Crippen LogP contribution in [0.5, 0.6) is 0 Å². The van der Waals surface area contributed by atoms with Crippen molar-refractivity contribution >= 4 is 19.8 Å². The first kappa shape index (κ1) is 9.21. The monoisotopic (exact) mass is 163 g/mol. The zero-order valence-corrected chi connectivity index (χ0v) is 8.07. The van der Waals surface area contributed by atoms with E-state index in [4.69, 9.17) is 11.6 Å². The lowest BCUT2D eigenvalue weighted by atomic mass is 11.2. The van der Waals surface area contributed by atoms with Gasteiger partial charge in [-0.1, -0.05) is 12.2 Å². The fourth-order valence-corrected chi connectivity index (χ4v) is 2.11. The highest BCUT2D eigenvalue weighted by atomic mass is 35.5. The summed E-state index contributed by atoms with van der Waals surface area (Å²) in [5, 5.41) is 0. The molecular formula is C6H14ClNSi. The Kier molecular flexibility index (Phi) is 3.47. The molecule has 1 unspecified atom stereocenters. The van der Waals surface area contributed by atoms with Crippen molar-refractivity contribution in [2.45, 2.75) is 6.55 Å². The number of halogens is 1. The second-order valence-electron chi connectivity index (χ2n) is 2.59. The molecule has 0 fully saturated rings. The van der Waals surface area contributed by atoms with Gasteiger partial charge in [0.1, 0.15) is 0 Å². The first-order valence-corrected chi connectivity index (χ1v) is 6.20. The number of rotatable bonds is 3. The number of alkyl halides is 1. The number of hydrogen-bond donors (Lipinski definition) is 0. The van der Waals surface area contributed by atoms with Gasteiger partial charge in [0.15, 0.2) is 8.24 Å². The van der Waals surface area contributed by atoms with Crippen LogP contribution in [0.4, 0.5) is 0 Å². The zero-order chi connectivity index (χ0) is 7.49. The van der Waals surface area contributed by atoms with E-state index in [0.717, 1.165) is 5.50 Å². The first-order valence-electron chi connectivity index (χ1n) is 2.94. The molecule has 54 valence electrons. The Morgan fingerprint density at radius 3 is 2.11 bits per heavy atom. The number of hydrogen-bond acceptors (Lipinski definition) is 1. The fraction of sp³-hybridized carbons (Fsp3) is 0.667. The molecule has 0 aliphatic carbocycles. The quantitative estimate of drug-likeness (QED) is 0.452. The number of nitrogens with zero attached hydrogens (tertiary/aromatic N) is 1. The van der Waals surface area contributed by atoms with Crippen molar-refractivity contribution in [1.29, 1.82) is 0 Å². The van der Waals surface area contributed by atoms with Crippen LogP contribution >= 0.6 is 11.6 Å². The average Bonchev–Trinajstić information content (AvgIpc) is 1.86. The molecule has 0 N–H and O–H groups in total. The molecule has 0 aromatic heterocycles. The van der Waals surface area contributed by atoms with Gasteiger partial charge in [-0.05, 0) is 14.1 Å². The van der Waals surface area contributed by atoms with Gasteiger partial charge in [0, 0.05) is 5.50 Å². The Morgan fingerprint density at radius 1 is 1.67 bits per heavy atom. The molecule has 0 saturated heterocycles. The summed E-state index contributed by atoms with van der Waals surface area (Å²) in [5.41, 5.74) is 2.73. The van der Waals surface area contributed by atoms with E-state index in [1.165, 1.54) is 0 Å². The summed E-state index contributed by atoms with van der Waals surface area (Å²) < 4.78 is 2.19. The van der Waals surface area contributed by atoms with E-state index in [0.29, 0.717) is 0 Å². The smallest absolute Gasteiger partial charge is 0.163 e. The molecule has 0 rings (SSSR count). The van der Waals surface area contributed by atoms with E-state index in [2.05, 4.69) is 31.8 Å². The molecule has 0 radical (unpaired) electrons. The molecule has 1 nitrogen and oxygen atoms in total. The zero-order valence-electron chi connectivity index (χ0n) is 6.32. The van der Waals surface area contributed by atoms with Gasteiger partial charge < -0.3 is 4.57 Å². The normalized spacial score (nSPS) is 17.4. The maximum atomic E-state index is 5.75. The van der Waals surface area contributed by atoms with Gasteiger partial charge in [-0.2, -0.15) is 0 Å². The Morgan fingerprint density at radius 2 is 2.11 bits per heavy atom. The third-order valence-corrected chi connectivity index (χ3v) is 6.82. The molecule has 0 saturated carbocycles. The van der Waals surface area contributed by atoms with E-state index in [1.807, 2.05) is 5.70 Å². The Bertz CT molecular complexity index is 105. The van der Waals surface area contributed by atoms with Crippen LogP contribution in [0.2, 0.25) is 6.55 Å². The highest BCUT2D eigenvalue weighted by Gasteiger charge is 2.24. The average molecular weight is 164 g/mol. The summed E-state index contributed by atoms with van der Waals surface area (Å²) in [4.78, 5) is 0. The largest absolute Gasteiger partial charge is 0.325 e. The first-order chi connectivity index (χ1) is 4.06. The second-order valence-corrected chi connectivity index (χ2v) is 7.68. The van der Waals surface area contributed by atoms with Gasteiger partial charge in [0.05, 0.1) is 0 Å².